The summed E-state index contributed by atoms with van der Waals surface area (Å²) in [5.41, 5.74) is 7.82. The number of nitrogens with two attached hydrogens (primary N) is 2. The van der Waals surface area contributed by atoms with Crippen molar-refractivity contribution in [2.45, 2.75) is 19.6 Å². The number of rotatable bonds is 11. The van der Waals surface area contributed by atoms with E-state index in [-0.39, 0.29) is 29.1 Å². The van der Waals surface area contributed by atoms with Crippen LogP contribution in [0, 0.1) is 6.92 Å². The zero-order chi connectivity index (χ0) is 29.4. The lowest BCUT2D eigenvalue weighted by atomic mass is 10.1. The number of likely N-dealkylation sites (N-methyl/N-ethyl adjacent to an activating group) is 1. The first-order chi connectivity index (χ1) is 18.9. The first-order valence-electron chi connectivity index (χ1n) is 12.4. The molecule has 1 heterocycles. The van der Waals surface area contributed by atoms with E-state index in [0.717, 1.165) is 17.7 Å². The second-order valence-electron chi connectivity index (χ2n) is 9.38. The molecule has 0 aliphatic carbocycles. The molecule has 3 aromatic rings. The van der Waals surface area contributed by atoms with Gasteiger partial charge in [0, 0.05) is 54.9 Å². The summed E-state index contributed by atoms with van der Waals surface area (Å²) >= 11 is 0. The van der Waals surface area contributed by atoms with Crippen LogP contribution < -0.4 is 32.0 Å². The van der Waals surface area contributed by atoms with Crippen molar-refractivity contribution in [3.63, 3.8) is 0 Å². The molecule has 0 atom stereocenters. The molecule has 2 aromatic carbocycles. The number of pyridine rings is 1. The van der Waals surface area contributed by atoms with Gasteiger partial charge in [-0.25, -0.2) is 5.84 Å². The Balaban J connectivity index is 1.90. The molecule has 6 N–H and O–H groups in total. The summed E-state index contributed by atoms with van der Waals surface area (Å²) in [5.74, 6) is 5.74. The zero-order valence-corrected chi connectivity index (χ0v) is 22.8. The normalized spacial score (nSPS) is 12.0. The van der Waals surface area contributed by atoms with Crippen molar-refractivity contribution in [2.24, 2.45) is 11.6 Å². The summed E-state index contributed by atoms with van der Waals surface area (Å²) in [7, 11) is 5.13. The largest absolute Gasteiger partial charge is 0.494 e. The van der Waals surface area contributed by atoms with Gasteiger partial charge in [0.1, 0.15) is 5.75 Å². The maximum atomic E-state index is 13.7. The van der Waals surface area contributed by atoms with Crippen molar-refractivity contribution in [3.8, 4) is 5.75 Å². The van der Waals surface area contributed by atoms with Crippen LogP contribution in [0.4, 0.5) is 24.5 Å². The number of hydrogen-bond donors (Lipinski definition) is 4. The predicted octanol–water partition coefficient (Wildman–Crippen LogP) is 3.96. The standard InChI is InChI=1S/C28H34F3N7O2/c1-18-7-8-19(13-25(18)38(33)17-23(32)20-6-5-9-34-15-20)27(39)36-24-14-22(28(29,30)31)12-21(26(24)40-4)16-35-10-11-37(2)3/h5-9,12-15,17,35H,10-11,16,32-33H2,1-4H3,(H,36,39)/b23-17-. The number of halogens is 3. The van der Waals surface area contributed by atoms with Gasteiger partial charge in [0.25, 0.3) is 5.91 Å². The fourth-order valence-corrected chi connectivity index (χ4v) is 3.89. The Morgan fingerprint density at radius 1 is 1.15 bits per heavy atom. The summed E-state index contributed by atoms with van der Waals surface area (Å²) in [5, 5.41) is 6.97. The lowest BCUT2D eigenvalue weighted by Gasteiger charge is -2.20. The van der Waals surface area contributed by atoms with Crippen LogP contribution in [-0.4, -0.2) is 50.1 Å². The maximum absolute atomic E-state index is 13.7. The van der Waals surface area contributed by atoms with E-state index in [1.165, 1.54) is 24.4 Å². The van der Waals surface area contributed by atoms with Gasteiger partial charge >= 0.3 is 6.18 Å². The van der Waals surface area contributed by atoms with Crippen LogP contribution in [0.5, 0.6) is 5.75 Å². The number of amides is 1. The number of hydrogen-bond acceptors (Lipinski definition) is 8. The highest BCUT2D eigenvalue weighted by Crippen LogP contribution is 2.38. The third-order valence-electron chi connectivity index (χ3n) is 6.02. The summed E-state index contributed by atoms with van der Waals surface area (Å²) < 4.78 is 46.6. The lowest BCUT2D eigenvalue weighted by molar-refractivity contribution is -0.137. The van der Waals surface area contributed by atoms with Crippen molar-refractivity contribution in [2.75, 3.05) is 44.6 Å². The highest BCUT2D eigenvalue weighted by atomic mass is 19.4. The van der Waals surface area contributed by atoms with E-state index in [1.54, 1.807) is 43.6 Å². The minimum absolute atomic E-state index is 0.0980. The summed E-state index contributed by atoms with van der Waals surface area (Å²) in [6, 6.07) is 10.2. The third-order valence-corrected chi connectivity index (χ3v) is 6.02. The van der Waals surface area contributed by atoms with Crippen molar-refractivity contribution >= 4 is 23.0 Å². The number of carbonyl (C=O) groups is 1. The molecule has 0 bridgehead atoms. The first-order valence-corrected chi connectivity index (χ1v) is 12.4. The number of ether oxygens (including phenoxy) is 1. The number of aromatic nitrogens is 1. The van der Waals surface area contributed by atoms with Gasteiger partial charge in [-0.1, -0.05) is 6.07 Å². The number of hydrazine groups is 1. The van der Waals surface area contributed by atoms with E-state index in [4.69, 9.17) is 16.3 Å². The van der Waals surface area contributed by atoms with Crippen molar-refractivity contribution in [1.29, 1.82) is 0 Å². The van der Waals surface area contributed by atoms with Crippen LogP contribution in [0.3, 0.4) is 0 Å². The minimum atomic E-state index is -4.62. The SMILES string of the molecule is COc1c(CNCCN(C)C)cc(C(F)(F)F)cc1NC(=O)c1ccc(C)c(N(N)/C=C(\N)c2cccnc2)c1. The molecule has 3 rings (SSSR count). The molecule has 0 saturated carbocycles. The Morgan fingerprint density at radius 2 is 1.90 bits per heavy atom. The lowest BCUT2D eigenvalue weighted by Crippen LogP contribution is -2.27. The molecule has 214 valence electrons. The molecule has 0 unspecified atom stereocenters. The van der Waals surface area contributed by atoms with Crippen LogP contribution in [-0.2, 0) is 12.7 Å². The Hall–Kier alpha value is -4.13. The number of anilines is 2. The van der Waals surface area contributed by atoms with E-state index in [2.05, 4.69) is 15.6 Å². The number of nitrogens with zero attached hydrogens (tertiary/aromatic N) is 3. The van der Waals surface area contributed by atoms with Crippen LogP contribution in [0.15, 0.2) is 61.1 Å². The second-order valence-corrected chi connectivity index (χ2v) is 9.38. The van der Waals surface area contributed by atoms with E-state index in [1.807, 2.05) is 19.0 Å². The van der Waals surface area contributed by atoms with Crippen molar-refractivity contribution in [3.05, 3.63) is 88.9 Å². The van der Waals surface area contributed by atoms with Crippen LogP contribution in [0.1, 0.15) is 32.6 Å². The number of methoxy groups -OCH3 is 1. The van der Waals surface area contributed by atoms with Crippen molar-refractivity contribution < 1.29 is 22.7 Å². The Morgan fingerprint density at radius 3 is 2.52 bits per heavy atom. The molecule has 0 saturated heterocycles. The van der Waals surface area contributed by atoms with E-state index < -0.39 is 17.6 Å². The molecule has 0 aliphatic heterocycles. The quantitative estimate of drug-likeness (QED) is 0.159. The van der Waals surface area contributed by atoms with Crippen LogP contribution in [0.25, 0.3) is 5.70 Å². The smallest absolute Gasteiger partial charge is 0.416 e. The van der Waals surface area contributed by atoms with Crippen molar-refractivity contribution in [1.82, 2.24) is 15.2 Å². The highest BCUT2D eigenvalue weighted by Gasteiger charge is 2.33. The number of benzene rings is 2. The van der Waals surface area contributed by atoms with E-state index in [0.29, 0.717) is 30.0 Å². The van der Waals surface area contributed by atoms with Gasteiger partial charge < -0.3 is 26.0 Å². The number of aryl methyl sites for hydroxylation is 1. The molecule has 0 aliphatic rings. The van der Waals surface area contributed by atoms with Gasteiger partial charge in [0.2, 0.25) is 0 Å². The average Bonchev–Trinajstić information content (AvgIpc) is 2.90. The molecule has 9 nitrogen and oxygen atoms in total. The summed E-state index contributed by atoms with van der Waals surface area (Å²) in [4.78, 5) is 19.2. The Kier molecular flexibility index (Phi) is 10.1. The van der Waals surface area contributed by atoms with Crippen LogP contribution >= 0.6 is 0 Å². The zero-order valence-electron chi connectivity index (χ0n) is 22.8. The Labute approximate surface area is 231 Å². The summed E-state index contributed by atoms with van der Waals surface area (Å²) in [6.07, 6.45) is 0.0758. The van der Waals surface area contributed by atoms with Gasteiger partial charge in [-0.3, -0.25) is 14.8 Å². The van der Waals surface area contributed by atoms with E-state index >= 15 is 0 Å². The Bertz CT molecular complexity index is 1350. The fourth-order valence-electron chi connectivity index (χ4n) is 3.89. The second kappa shape index (κ2) is 13.3. The first kappa shape index (κ1) is 30.4. The highest BCUT2D eigenvalue weighted by molar-refractivity contribution is 6.06. The molecule has 1 aromatic heterocycles. The molecule has 12 heteroatoms. The van der Waals surface area contributed by atoms with E-state index in [9.17, 15) is 18.0 Å². The molecule has 40 heavy (non-hydrogen) atoms. The topological polar surface area (TPSA) is 122 Å². The maximum Gasteiger partial charge on any atom is 0.416 e. The molecular weight excluding hydrogens is 523 g/mol. The van der Waals surface area contributed by atoms with Gasteiger partial charge in [0.05, 0.1) is 29.7 Å². The van der Waals surface area contributed by atoms with Crippen LogP contribution in [0.2, 0.25) is 0 Å². The number of alkyl halides is 3. The van der Waals surface area contributed by atoms with Gasteiger partial charge in [-0.2, -0.15) is 13.2 Å². The fraction of sp³-hybridized carbons (Fsp3) is 0.286. The molecular formula is C28H34F3N7O2. The van der Waals surface area contributed by atoms with Gasteiger partial charge in [-0.15, -0.1) is 0 Å². The van der Waals surface area contributed by atoms with Gasteiger partial charge in [0.15, 0.2) is 0 Å². The van der Waals surface area contributed by atoms with Gasteiger partial charge in [-0.05, 0) is 63.0 Å². The molecule has 1 amide bonds. The molecule has 0 spiro atoms. The molecule has 0 fully saturated rings. The number of nitrogens with one attached hydrogen (secondary N) is 2. The third kappa shape index (κ3) is 7.94. The monoisotopic (exact) mass is 557 g/mol. The minimum Gasteiger partial charge on any atom is -0.494 e. The predicted molar refractivity (Wildman–Crippen MR) is 150 cm³/mol. The average molecular weight is 558 g/mol. The number of carbonyl (C=O) groups excluding carboxylic acids is 1. The molecule has 0 radical (unpaired) electrons. The summed E-state index contributed by atoms with van der Waals surface area (Å²) in [6.45, 7) is 3.17.